The Bertz CT molecular complexity index is 468. The molecule has 0 aliphatic rings. The van der Waals surface area contributed by atoms with Gasteiger partial charge in [-0.15, -0.1) is 0 Å². The number of aryl methyl sites for hydroxylation is 1. The summed E-state index contributed by atoms with van der Waals surface area (Å²) in [7, 11) is 0. The van der Waals surface area contributed by atoms with Crippen molar-refractivity contribution in [3.63, 3.8) is 0 Å². The number of benzene rings is 1. The van der Waals surface area contributed by atoms with Crippen LogP contribution in [0.2, 0.25) is 0 Å². The third kappa shape index (κ3) is 2.50. The zero-order valence-electron chi connectivity index (χ0n) is 9.01. The SMILES string of the molecule is Cc1cccc(OCCc2nonc2N)c1. The molecule has 0 saturated carbocycles. The molecule has 84 valence electrons. The van der Waals surface area contributed by atoms with Crippen LogP contribution in [0.15, 0.2) is 28.9 Å². The van der Waals surface area contributed by atoms with Crippen LogP contribution in [0.3, 0.4) is 0 Å². The smallest absolute Gasteiger partial charge is 0.191 e. The van der Waals surface area contributed by atoms with E-state index >= 15 is 0 Å². The molecular formula is C11H13N3O2. The highest BCUT2D eigenvalue weighted by Crippen LogP contribution is 2.13. The molecule has 0 atom stereocenters. The van der Waals surface area contributed by atoms with Crippen LogP contribution in [0.1, 0.15) is 11.3 Å². The van der Waals surface area contributed by atoms with E-state index in [9.17, 15) is 0 Å². The summed E-state index contributed by atoms with van der Waals surface area (Å²) < 4.78 is 10.0. The topological polar surface area (TPSA) is 74.2 Å². The summed E-state index contributed by atoms with van der Waals surface area (Å²) in [6.45, 7) is 2.52. The second-order valence-corrected chi connectivity index (χ2v) is 3.51. The first-order valence-corrected chi connectivity index (χ1v) is 5.02. The molecule has 5 nitrogen and oxygen atoms in total. The van der Waals surface area contributed by atoms with Crippen LogP contribution in [0.25, 0.3) is 0 Å². The molecule has 0 saturated heterocycles. The molecule has 0 amide bonds. The van der Waals surface area contributed by atoms with Gasteiger partial charge in [0.05, 0.1) is 6.61 Å². The lowest BCUT2D eigenvalue weighted by Gasteiger charge is -2.05. The number of nitrogen functional groups attached to an aromatic ring is 1. The Morgan fingerprint density at radius 1 is 1.38 bits per heavy atom. The Morgan fingerprint density at radius 2 is 2.25 bits per heavy atom. The molecule has 2 rings (SSSR count). The molecule has 0 aliphatic heterocycles. The van der Waals surface area contributed by atoms with E-state index < -0.39 is 0 Å². The van der Waals surface area contributed by atoms with Crippen LogP contribution in [-0.4, -0.2) is 16.9 Å². The number of anilines is 1. The molecule has 1 aromatic heterocycles. The number of aromatic nitrogens is 2. The van der Waals surface area contributed by atoms with Crippen LogP contribution >= 0.6 is 0 Å². The van der Waals surface area contributed by atoms with Gasteiger partial charge in [-0.25, -0.2) is 4.63 Å². The van der Waals surface area contributed by atoms with Crippen molar-refractivity contribution in [2.45, 2.75) is 13.3 Å². The lowest BCUT2D eigenvalue weighted by atomic mass is 10.2. The minimum atomic E-state index is 0.327. The lowest BCUT2D eigenvalue weighted by Crippen LogP contribution is -2.03. The average molecular weight is 219 g/mol. The van der Waals surface area contributed by atoms with Crippen molar-refractivity contribution in [3.8, 4) is 5.75 Å². The Labute approximate surface area is 93.2 Å². The van der Waals surface area contributed by atoms with E-state index in [1.807, 2.05) is 31.2 Å². The molecule has 0 fully saturated rings. The van der Waals surface area contributed by atoms with E-state index in [-0.39, 0.29) is 0 Å². The summed E-state index contributed by atoms with van der Waals surface area (Å²) in [5, 5.41) is 7.17. The normalized spacial score (nSPS) is 10.3. The van der Waals surface area contributed by atoms with Gasteiger partial charge in [-0.05, 0) is 29.8 Å². The van der Waals surface area contributed by atoms with Gasteiger partial charge < -0.3 is 10.5 Å². The summed E-state index contributed by atoms with van der Waals surface area (Å²) in [5.41, 5.74) is 7.32. The highest BCUT2D eigenvalue weighted by molar-refractivity contribution is 5.31. The molecule has 0 bridgehead atoms. The van der Waals surface area contributed by atoms with Gasteiger partial charge in [0.2, 0.25) is 0 Å². The molecule has 2 N–H and O–H groups in total. The van der Waals surface area contributed by atoms with Gasteiger partial charge in [-0.3, -0.25) is 0 Å². The number of nitrogens with zero attached hydrogens (tertiary/aromatic N) is 2. The third-order valence-electron chi connectivity index (χ3n) is 2.18. The zero-order chi connectivity index (χ0) is 11.4. The van der Waals surface area contributed by atoms with Crippen LogP contribution in [-0.2, 0) is 6.42 Å². The minimum Gasteiger partial charge on any atom is -0.493 e. The molecule has 16 heavy (non-hydrogen) atoms. The number of rotatable bonds is 4. The highest BCUT2D eigenvalue weighted by Gasteiger charge is 2.05. The maximum Gasteiger partial charge on any atom is 0.191 e. The zero-order valence-corrected chi connectivity index (χ0v) is 9.01. The maximum atomic E-state index is 5.55. The van der Waals surface area contributed by atoms with Gasteiger partial charge in [0.1, 0.15) is 11.4 Å². The predicted molar refractivity (Wildman–Crippen MR) is 59.1 cm³/mol. The van der Waals surface area contributed by atoms with Crippen LogP contribution in [0.5, 0.6) is 5.75 Å². The number of hydrogen-bond acceptors (Lipinski definition) is 5. The van der Waals surface area contributed by atoms with Gasteiger partial charge in [0, 0.05) is 6.42 Å². The Kier molecular flexibility index (Phi) is 3.05. The fourth-order valence-electron chi connectivity index (χ4n) is 1.36. The monoisotopic (exact) mass is 219 g/mol. The first kappa shape index (κ1) is 10.5. The summed E-state index contributed by atoms with van der Waals surface area (Å²) in [6, 6.07) is 7.87. The molecule has 0 unspecified atom stereocenters. The van der Waals surface area contributed by atoms with Crippen molar-refractivity contribution in [2.75, 3.05) is 12.3 Å². The Balaban J connectivity index is 1.87. The van der Waals surface area contributed by atoms with E-state index in [4.69, 9.17) is 10.5 Å². The lowest BCUT2D eigenvalue weighted by molar-refractivity contribution is 0.293. The van der Waals surface area contributed by atoms with Crippen molar-refractivity contribution in [2.24, 2.45) is 0 Å². The second kappa shape index (κ2) is 4.65. The Morgan fingerprint density at radius 3 is 2.94 bits per heavy atom. The quantitative estimate of drug-likeness (QED) is 0.845. The summed E-state index contributed by atoms with van der Waals surface area (Å²) >= 11 is 0. The van der Waals surface area contributed by atoms with Crippen LogP contribution in [0.4, 0.5) is 5.82 Å². The largest absolute Gasteiger partial charge is 0.493 e. The van der Waals surface area contributed by atoms with E-state index in [1.165, 1.54) is 5.56 Å². The highest BCUT2D eigenvalue weighted by atomic mass is 16.6. The molecular weight excluding hydrogens is 206 g/mol. The van der Waals surface area contributed by atoms with Crippen molar-refractivity contribution in [1.29, 1.82) is 0 Å². The van der Waals surface area contributed by atoms with Gasteiger partial charge in [0.15, 0.2) is 5.82 Å². The van der Waals surface area contributed by atoms with Crippen molar-refractivity contribution in [3.05, 3.63) is 35.5 Å². The van der Waals surface area contributed by atoms with Crippen molar-refractivity contribution >= 4 is 5.82 Å². The van der Waals surface area contributed by atoms with Crippen molar-refractivity contribution < 1.29 is 9.37 Å². The summed E-state index contributed by atoms with van der Waals surface area (Å²) in [4.78, 5) is 0. The third-order valence-corrected chi connectivity index (χ3v) is 2.18. The van der Waals surface area contributed by atoms with Gasteiger partial charge >= 0.3 is 0 Å². The molecule has 2 aromatic rings. The summed E-state index contributed by atoms with van der Waals surface area (Å²) in [5.74, 6) is 1.17. The molecule has 0 spiro atoms. The van der Waals surface area contributed by atoms with E-state index in [2.05, 4.69) is 14.9 Å². The van der Waals surface area contributed by atoms with Gasteiger partial charge in [-0.1, -0.05) is 17.3 Å². The van der Waals surface area contributed by atoms with E-state index in [0.29, 0.717) is 24.5 Å². The first-order chi connectivity index (χ1) is 7.75. The number of hydrogen-bond donors (Lipinski definition) is 1. The predicted octanol–water partition coefficient (Wildman–Crippen LogP) is 1.58. The standard InChI is InChI=1S/C11H13N3O2/c1-8-3-2-4-9(7-8)15-6-5-10-11(12)14-16-13-10/h2-4,7H,5-6H2,1H3,(H2,12,14). The molecule has 0 radical (unpaired) electrons. The summed E-state index contributed by atoms with van der Waals surface area (Å²) in [6.07, 6.45) is 0.587. The van der Waals surface area contributed by atoms with E-state index in [0.717, 1.165) is 5.75 Å². The fraction of sp³-hybridized carbons (Fsp3) is 0.273. The van der Waals surface area contributed by atoms with Gasteiger partial charge in [0.25, 0.3) is 0 Å². The number of ether oxygens (including phenoxy) is 1. The molecule has 1 heterocycles. The Hall–Kier alpha value is -2.04. The first-order valence-electron chi connectivity index (χ1n) is 5.02. The van der Waals surface area contributed by atoms with Crippen LogP contribution < -0.4 is 10.5 Å². The van der Waals surface area contributed by atoms with Gasteiger partial charge in [-0.2, -0.15) is 0 Å². The van der Waals surface area contributed by atoms with E-state index in [1.54, 1.807) is 0 Å². The molecule has 5 heteroatoms. The molecule has 1 aromatic carbocycles. The second-order valence-electron chi connectivity index (χ2n) is 3.51. The molecule has 0 aliphatic carbocycles. The van der Waals surface area contributed by atoms with Crippen molar-refractivity contribution in [1.82, 2.24) is 10.3 Å². The minimum absolute atomic E-state index is 0.327. The van der Waals surface area contributed by atoms with Crippen LogP contribution in [0, 0.1) is 6.92 Å². The number of nitrogens with two attached hydrogens (primary N) is 1. The maximum absolute atomic E-state index is 5.55. The average Bonchev–Trinajstić information content (AvgIpc) is 2.65. The fourth-order valence-corrected chi connectivity index (χ4v) is 1.36.